The van der Waals surface area contributed by atoms with Crippen LogP contribution in [0, 0.1) is 12.7 Å². The van der Waals surface area contributed by atoms with Crippen molar-refractivity contribution in [1.82, 2.24) is 20.9 Å². The lowest BCUT2D eigenvalue weighted by Gasteiger charge is -2.27. The lowest BCUT2D eigenvalue weighted by atomic mass is 9.98. The Hall–Kier alpha value is -4.31. The summed E-state index contributed by atoms with van der Waals surface area (Å²) in [7, 11) is 0. The van der Waals surface area contributed by atoms with Crippen LogP contribution >= 0.6 is 0 Å². The van der Waals surface area contributed by atoms with Crippen LogP contribution in [0.15, 0.2) is 54.7 Å². The molecule has 1 aliphatic heterocycles. The number of pyridine rings is 1. The number of aryl methyl sites for hydroxylation is 1. The number of aromatic nitrogens is 1. The van der Waals surface area contributed by atoms with E-state index in [0.29, 0.717) is 24.1 Å². The number of halogens is 1. The Morgan fingerprint density at radius 3 is 2.41 bits per heavy atom. The summed E-state index contributed by atoms with van der Waals surface area (Å²) in [6.07, 6.45) is 2.90. The van der Waals surface area contributed by atoms with Crippen molar-refractivity contribution in [3.63, 3.8) is 0 Å². The summed E-state index contributed by atoms with van der Waals surface area (Å²) in [5, 5.41) is 19.2. The first-order chi connectivity index (χ1) is 17.7. The Balaban J connectivity index is 1.46. The van der Waals surface area contributed by atoms with Gasteiger partial charge in [0.05, 0.1) is 12.1 Å². The molecule has 9 nitrogen and oxygen atoms in total. The quantitative estimate of drug-likeness (QED) is 0.323. The highest BCUT2D eigenvalue weighted by molar-refractivity contribution is 6.11. The van der Waals surface area contributed by atoms with Crippen LogP contribution in [0.5, 0.6) is 5.75 Å². The van der Waals surface area contributed by atoms with Crippen LogP contribution in [0.4, 0.5) is 10.2 Å². The number of anilines is 1. The zero-order valence-corrected chi connectivity index (χ0v) is 20.3. The number of amides is 2. The molecule has 1 aromatic heterocycles. The summed E-state index contributed by atoms with van der Waals surface area (Å²) in [4.78, 5) is 42.5. The van der Waals surface area contributed by atoms with Gasteiger partial charge >= 0.3 is 0 Å². The van der Waals surface area contributed by atoms with Crippen LogP contribution in [-0.4, -0.2) is 52.9 Å². The number of hydrogen-bond acceptors (Lipinski definition) is 7. The molecule has 1 aliphatic rings. The molecule has 1 fully saturated rings. The highest BCUT2D eigenvalue weighted by Gasteiger charge is 2.28. The third kappa shape index (κ3) is 5.92. The van der Waals surface area contributed by atoms with E-state index in [0.717, 1.165) is 13.0 Å². The molecule has 2 aromatic carbocycles. The van der Waals surface area contributed by atoms with Gasteiger partial charge in [0, 0.05) is 29.4 Å². The molecule has 2 amide bonds. The molecular weight excluding hydrogens is 477 g/mol. The summed E-state index contributed by atoms with van der Waals surface area (Å²) in [5.41, 5.74) is 6.33. The van der Waals surface area contributed by atoms with E-state index in [1.54, 1.807) is 6.07 Å². The monoisotopic (exact) mass is 505 g/mol. The van der Waals surface area contributed by atoms with Gasteiger partial charge in [-0.15, -0.1) is 0 Å². The molecule has 0 bridgehead atoms. The number of phenolic OH excluding ortho intramolecular Hbond substituents is 1. The molecule has 0 unspecified atom stereocenters. The van der Waals surface area contributed by atoms with Gasteiger partial charge in [0.1, 0.15) is 22.9 Å². The highest BCUT2D eigenvalue weighted by Crippen LogP contribution is 2.26. The van der Waals surface area contributed by atoms with E-state index in [-0.39, 0.29) is 40.8 Å². The van der Waals surface area contributed by atoms with Crippen molar-refractivity contribution in [2.45, 2.75) is 31.8 Å². The molecule has 10 heteroatoms. The molecule has 1 saturated heterocycles. The lowest BCUT2D eigenvalue weighted by molar-refractivity contribution is 0.0882. The number of nitrogen functional groups attached to an aromatic ring is 1. The van der Waals surface area contributed by atoms with Crippen molar-refractivity contribution in [2.75, 3.05) is 18.8 Å². The normalized spacial score (nSPS) is 17.5. The van der Waals surface area contributed by atoms with Gasteiger partial charge in [-0.05, 0) is 62.2 Å². The highest BCUT2D eigenvalue weighted by atomic mass is 19.1. The third-order valence-corrected chi connectivity index (χ3v) is 6.34. The Labute approximate surface area is 213 Å². The van der Waals surface area contributed by atoms with E-state index in [4.69, 9.17) is 5.73 Å². The predicted octanol–water partition coefficient (Wildman–Crippen LogP) is 2.33. The van der Waals surface area contributed by atoms with E-state index in [9.17, 15) is 23.9 Å². The topological polar surface area (TPSA) is 146 Å². The largest absolute Gasteiger partial charge is 0.507 e. The van der Waals surface area contributed by atoms with Crippen LogP contribution in [0.3, 0.4) is 0 Å². The minimum atomic E-state index is -0.781. The van der Waals surface area contributed by atoms with Crippen molar-refractivity contribution >= 4 is 23.4 Å². The van der Waals surface area contributed by atoms with Crippen LogP contribution in [-0.2, 0) is 0 Å². The van der Waals surface area contributed by atoms with Gasteiger partial charge in [-0.3, -0.25) is 14.4 Å². The summed E-state index contributed by atoms with van der Waals surface area (Å²) in [5.74, 6) is -2.37. The van der Waals surface area contributed by atoms with Gasteiger partial charge in [-0.25, -0.2) is 9.37 Å². The summed E-state index contributed by atoms with van der Waals surface area (Å²) in [6.45, 7) is 2.72. The van der Waals surface area contributed by atoms with Gasteiger partial charge in [0.25, 0.3) is 11.8 Å². The number of nitrogens with two attached hydrogens (primary N) is 1. The van der Waals surface area contributed by atoms with Crippen LogP contribution in [0.1, 0.15) is 55.0 Å². The number of carbonyl (C=O) groups is 3. The number of nitrogens with zero attached hydrogens (tertiary/aromatic N) is 1. The van der Waals surface area contributed by atoms with Gasteiger partial charge in [-0.1, -0.05) is 18.2 Å². The number of benzene rings is 2. The number of nitrogens with one attached hydrogen (secondary N) is 3. The SMILES string of the molecule is Cc1ccc(O)c(C(=O)c2ccc(C(=O)N[C@@H]3CCCNC[C@H]3NC(=O)c3ccnc(N)c3)cc2)c1F. The number of aromatic hydroxyl groups is 1. The molecule has 4 rings (SSSR count). The van der Waals surface area contributed by atoms with E-state index in [1.807, 2.05) is 0 Å². The van der Waals surface area contributed by atoms with Crippen molar-refractivity contribution in [3.8, 4) is 5.75 Å². The van der Waals surface area contributed by atoms with Gasteiger partial charge in [-0.2, -0.15) is 0 Å². The maximum atomic E-state index is 14.5. The van der Waals surface area contributed by atoms with Crippen molar-refractivity contribution in [2.24, 2.45) is 0 Å². The molecular formula is C27H28FN5O4. The number of rotatable bonds is 6. The molecule has 0 aliphatic carbocycles. The van der Waals surface area contributed by atoms with E-state index in [2.05, 4.69) is 20.9 Å². The number of hydrogen-bond donors (Lipinski definition) is 5. The fraction of sp³-hybridized carbons (Fsp3) is 0.259. The number of carbonyl (C=O) groups excluding carboxylic acids is 3. The molecule has 0 saturated carbocycles. The molecule has 6 N–H and O–H groups in total. The first kappa shape index (κ1) is 25.8. The van der Waals surface area contributed by atoms with Crippen molar-refractivity contribution in [1.29, 1.82) is 0 Å². The zero-order valence-electron chi connectivity index (χ0n) is 20.3. The Morgan fingerprint density at radius 2 is 1.68 bits per heavy atom. The minimum Gasteiger partial charge on any atom is -0.507 e. The number of phenols is 1. The standard InChI is InChI=1S/C27H28FN5O4/c1-15-4-9-21(34)23(24(15)28)25(35)16-5-7-17(8-6-16)26(36)32-19-3-2-11-30-14-20(19)33-27(37)18-10-12-31-22(29)13-18/h4-10,12-13,19-20,30,34H,2-3,11,14H2,1H3,(H2,29,31)(H,32,36)(H,33,37)/t19-,20-/m1/s1. The van der Waals surface area contributed by atoms with Crippen LogP contribution < -0.4 is 21.7 Å². The molecule has 0 radical (unpaired) electrons. The molecule has 2 heterocycles. The smallest absolute Gasteiger partial charge is 0.251 e. The first-order valence-electron chi connectivity index (χ1n) is 11.9. The van der Waals surface area contributed by atoms with E-state index in [1.165, 1.54) is 55.6 Å². The molecule has 2 atom stereocenters. The summed E-state index contributed by atoms with van der Waals surface area (Å²) >= 11 is 0. The second-order valence-electron chi connectivity index (χ2n) is 8.97. The Kier molecular flexibility index (Phi) is 7.78. The predicted molar refractivity (Wildman–Crippen MR) is 136 cm³/mol. The average Bonchev–Trinajstić information content (AvgIpc) is 3.11. The maximum Gasteiger partial charge on any atom is 0.251 e. The Morgan fingerprint density at radius 1 is 1.00 bits per heavy atom. The molecule has 37 heavy (non-hydrogen) atoms. The third-order valence-electron chi connectivity index (χ3n) is 6.34. The van der Waals surface area contributed by atoms with Crippen LogP contribution in [0.2, 0.25) is 0 Å². The second-order valence-corrected chi connectivity index (χ2v) is 8.97. The second kappa shape index (κ2) is 11.2. The minimum absolute atomic E-state index is 0.136. The van der Waals surface area contributed by atoms with E-state index >= 15 is 0 Å². The van der Waals surface area contributed by atoms with Crippen molar-refractivity contribution < 1.29 is 23.9 Å². The van der Waals surface area contributed by atoms with Gasteiger partial charge in [0.2, 0.25) is 0 Å². The van der Waals surface area contributed by atoms with Crippen LogP contribution in [0.25, 0.3) is 0 Å². The Bertz CT molecular complexity index is 1330. The lowest BCUT2D eigenvalue weighted by Crippen LogP contribution is -2.54. The molecule has 192 valence electrons. The first-order valence-corrected chi connectivity index (χ1v) is 11.9. The fourth-order valence-electron chi connectivity index (χ4n) is 4.27. The maximum absolute atomic E-state index is 14.5. The fourth-order valence-corrected chi connectivity index (χ4v) is 4.27. The summed E-state index contributed by atoms with van der Waals surface area (Å²) < 4.78 is 14.5. The van der Waals surface area contributed by atoms with Gasteiger partial charge in [0.15, 0.2) is 5.78 Å². The summed E-state index contributed by atoms with van der Waals surface area (Å²) in [6, 6.07) is 10.8. The number of ketones is 1. The average molecular weight is 506 g/mol. The molecule has 3 aromatic rings. The van der Waals surface area contributed by atoms with Gasteiger partial charge < -0.3 is 26.8 Å². The van der Waals surface area contributed by atoms with E-state index < -0.39 is 22.9 Å². The zero-order chi connectivity index (χ0) is 26.5. The molecule has 0 spiro atoms. The van der Waals surface area contributed by atoms with Crippen molar-refractivity contribution in [3.05, 3.63) is 88.4 Å².